The highest BCUT2D eigenvalue weighted by atomic mass is 35.5. The summed E-state index contributed by atoms with van der Waals surface area (Å²) >= 11 is 0. The first kappa shape index (κ1) is 13.9. The number of halogens is 2. The molecule has 2 rings (SSSR count). The van der Waals surface area contributed by atoms with Crippen LogP contribution >= 0.6 is 24.8 Å². The van der Waals surface area contributed by atoms with Crippen LogP contribution in [0, 0.1) is 0 Å². The average molecular weight is 249 g/mol. The maximum atomic E-state index is 5.63. The van der Waals surface area contributed by atoms with Crippen molar-refractivity contribution in [3.05, 3.63) is 24.3 Å². The van der Waals surface area contributed by atoms with Gasteiger partial charge in [-0.1, -0.05) is 6.07 Å². The number of aliphatic imine (C=N–C) groups is 1. The van der Waals surface area contributed by atoms with Crippen molar-refractivity contribution >= 4 is 42.1 Å². The Bertz CT molecular complexity index is 341. The maximum Gasteiger partial charge on any atom is 0.195 e. The van der Waals surface area contributed by atoms with Crippen LogP contribution in [-0.2, 0) is 0 Å². The Balaban J connectivity index is 0.000000980. The summed E-state index contributed by atoms with van der Waals surface area (Å²) in [5.74, 6) is 0.825. The Kier molecular flexibility index (Phi) is 5.89. The van der Waals surface area contributed by atoms with Gasteiger partial charge >= 0.3 is 0 Å². The molecule has 1 aromatic rings. The van der Waals surface area contributed by atoms with Gasteiger partial charge in [-0.3, -0.25) is 4.99 Å². The molecule has 84 valence electrons. The summed E-state index contributed by atoms with van der Waals surface area (Å²) in [5, 5.41) is 6.26. The van der Waals surface area contributed by atoms with E-state index in [1.54, 1.807) is 0 Å². The lowest BCUT2D eigenvalue weighted by Crippen LogP contribution is -2.26. The number of hydrogen-bond acceptors (Lipinski definition) is 4. The number of anilines is 2. The molecule has 0 aliphatic carbocycles. The van der Waals surface area contributed by atoms with Gasteiger partial charge in [-0.25, -0.2) is 0 Å². The third kappa shape index (κ3) is 3.85. The molecule has 0 aromatic heterocycles. The minimum atomic E-state index is 0. The zero-order chi connectivity index (χ0) is 9.10. The van der Waals surface area contributed by atoms with Crippen molar-refractivity contribution in [2.24, 2.45) is 4.99 Å². The summed E-state index contributed by atoms with van der Waals surface area (Å²) < 4.78 is 0. The van der Waals surface area contributed by atoms with Gasteiger partial charge in [-0.05, 0) is 18.2 Å². The van der Waals surface area contributed by atoms with E-state index in [4.69, 9.17) is 5.73 Å². The fourth-order valence-electron chi connectivity index (χ4n) is 1.23. The largest absolute Gasteiger partial charge is 0.399 e. The first-order chi connectivity index (χ1) is 6.34. The Labute approximate surface area is 101 Å². The summed E-state index contributed by atoms with van der Waals surface area (Å²) in [7, 11) is 0. The molecule has 15 heavy (non-hydrogen) atoms. The Morgan fingerprint density at radius 2 is 2.13 bits per heavy atom. The first-order valence-electron chi connectivity index (χ1n) is 4.25. The van der Waals surface area contributed by atoms with E-state index >= 15 is 0 Å². The second-order valence-corrected chi connectivity index (χ2v) is 2.91. The normalized spacial score (nSPS) is 12.9. The van der Waals surface area contributed by atoms with Crippen LogP contribution in [0.2, 0.25) is 0 Å². The van der Waals surface area contributed by atoms with Gasteiger partial charge in [0, 0.05) is 17.9 Å². The van der Waals surface area contributed by atoms with Crippen LogP contribution in [0.4, 0.5) is 11.4 Å². The second-order valence-electron chi connectivity index (χ2n) is 2.91. The van der Waals surface area contributed by atoms with Crippen LogP contribution in [0.25, 0.3) is 0 Å². The lowest BCUT2D eigenvalue weighted by molar-refractivity contribution is 0.959. The number of nitrogens with two attached hydrogens (primary N) is 1. The van der Waals surface area contributed by atoms with Crippen molar-refractivity contribution < 1.29 is 0 Å². The molecular formula is C9H14Cl2N4. The lowest BCUT2D eigenvalue weighted by Gasteiger charge is -2.06. The molecule has 1 aliphatic rings. The number of nitrogen functional groups attached to an aromatic ring is 1. The first-order valence-corrected chi connectivity index (χ1v) is 4.25. The van der Waals surface area contributed by atoms with Crippen molar-refractivity contribution in [2.75, 3.05) is 24.1 Å². The van der Waals surface area contributed by atoms with E-state index < -0.39 is 0 Å². The van der Waals surface area contributed by atoms with Crippen molar-refractivity contribution in [3.63, 3.8) is 0 Å². The third-order valence-corrected chi connectivity index (χ3v) is 1.82. The van der Waals surface area contributed by atoms with E-state index in [1.165, 1.54) is 0 Å². The Morgan fingerprint density at radius 3 is 2.73 bits per heavy atom. The van der Waals surface area contributed by atoms with Gasteiger partial charge in [0.2, 0.25) is 0 Å². The molecule has 0 amide bonds. The summed E-state index contributed by atoms with van der Waals surface area (Å²) in [5.41, 5.74) is 7.35. The predicted octanol–water partition coefficient (Wildman–Crippen LogP) is 1.48. The fraction of sp³-hybridized carbons (Fsp3) is 0.222. The van der Waals surface area contributed by atoms with E-state index in [-0.39, 0.29) is 24.8 Å². The van der Waals surface area contributed by atoms with E-state index in [9.17, 15) is 0 Å². The molecule has 0 bridgehead atoms. The van der Waals surface area contributed by atoms with E-state index in [0.29, 0.717) is 0 Å². The van der Waals surface area contributed by atoms with Gasteiger partial charge in [0.05, 0.1) is 6.54 Å². The average Bonchev–Trinajstić information content (AvgIpc) is 2.57. The molecular weight excluding hydrogens is 235 g/mol. The minimum Gasteiger partial charge on any atom is -0.399 e. The van der Waals surface area contributed by atoms with Crippen LogP contribution in [0.1, 0.15) is 0 Å². The molecule has 0 saturated heterocycles. The zero-order valence-corrected chi connectivity index (χ0v) is 9.70. The van der Waals surface area contributed by atoms with Crippen molar-refractivity contribution in [2.45, 2.75) is 0 Å². The molecule has 0 spiro atoms. The second kappa shape index (κ2) is 6.37. The van der Waals surface area contributed by atoms with Crippen LogP contribution in [0.5, 0.6) is 0 Å². The molecule has 0 radical (unpaired) electrons. The number of nitrogens with one attached hydrogen (secondary N) is 2. The van der Waals surface area contributed by atoms with Crippen LogP contribution < -0.4 is 16.4 Å². The van der Waals surface area contributed by atoms with E-state index in [2.05, 4.69) is 15.6 Å². The molecule has 0 saturated carbocycles. The summed E-state index contributed by atoms with van der Waals surface area (Å²) in [6.45, 7) is 1.75. The highest BCUT2D eigenvalue weighted by Gasteiger charge is 2.03. The van der Waals surface area contributed by atoms with Gasteiger partial charge in [0.25, 0.3) is 0 Å². The maximum absolute atomic E-state index is 5.63. The minimum absolute atomic E-state index is 0. The molecule has 1 aromatic carbocycles. The van der Waals surface area contributed by atoms with Gasteiger partial charge < -0.3 is 16.4 Å². The highest BCUT2D eigenvalue weighted by Crippen LogP contribution is 2.11. The topological polar surface area (TPSA) is 62.4 Å². The van der Waals surface area contributed by atoms with Crippen LogP contribution in [0.15, 0.2) is 29.3 Å². The van der Waals surface area contributed by atoms with Crippen molar-refractivity contribution in [1.82, 2.24) is 5.32 Å². The molecule has 0 unspecified atom stereocenters. The fourth-order valence-corrected chi connectivity index (χ4v) is 1.23. The van der Waals surface area contributed by atoms with Gasteiger partial charge in [0.1, 0.15) is 0 Å². The van der Waals surface area contributed by atoms with Crippen molar-refractivity contribution in [1.29, 1.82) is 0 Å². The van der Waals surface area contributed by atoms with Gasteiger partial charge in [-0.15, -0.1) is 24.8 Å². The van der Waals surface area contributed by atoms with E-state index in [1.807, 2.05) is 24.3 Å². The summed E-state index contributed by atoms with van der Waals surface area (Å²) in [4.78, 5) is 4.21. The van der Waals surface area contributed by atoms with E-state index in [0.717, 1.165) is 30.4 Å². The molecule has 4 nitrogen and oxygen atoms in total. The standard InChI is InChI=1S/C9H12N4.2ClH/c10-7-2-1-3-8(6-7)13-9-11-4-5-12-9;;/h1-3,6H,4-5,10H2,(H2,11,12,13);2*1H. The molecule has 1 heterocycles. The van der Waals surface area contributed by atoms with Crippen LogP contribution in [-0.4, -0.2) is 19.0 Å². The molecule has 0 atom stereocenters. The smallest absolute Gasteiger partial charge is 0.195 e. The molecule has 1 aliphatic heterocycles. The van der Waals surface area contributed by atoms with Crippen molar-refractivity contribution in [3.8, 4) is 0 Å². The molecule has 4 N–H and O–H groups in total. The molecule has 6 heteroatoms. The molecule has 0 fully saturated rings. The Hall–Kier alpha value is -1.13. The van der Waals surface area contributed by atoms with Gasteiger partial charge in [0.15, 0.2) is 5.96 Å². The monoisotopic (exact) mass is 248 g/mol. The van der Waals surface area contributed by atoms with Crippen LogP contribution in [0.3, 0.4) is 0 Å². The SMILES string of the molecule is Cl.Cl.Nc1cccc(NC2=NCCN2)c1. The quantitative estimate of drug-likeness (QED) is 0.660. The van der Waals surface area contributed by atoms with Gasteiger partial charge in [-0.2, -0.15) is 0 Å². The lowest BCUT2D eigenvalue weighted by atomic mass is 10.3. The predicted molar refractivity (Wildman–Crippen MR) is 69.3 cm³/mol. The summed E-state index contributed by atoms with van der Waals surface area (Å²) in [6, 6.07) is 7.60. The zero-order valence-electron chi connectivity index (χ0n) is 8.06. The third-order valence-electron chi connectivity index (χ3n) is 1.82. The number of rotatable bonds is 1. The highest BCUT2D eigenvalue weighted by molar-refractivity contribution is 5.94. The Morgan fingerprint density at radius 1 is 1.33 bits per heavy atom. The summed E-state index contributed by atoms with van der Waals surface area (Å²) in [6.07, 6.45) is 0. The number of nitrogens with zero attached hydrogens (tertiary/aromatic N) is 1. The number of benzene rings is 1. The number of guanidine groups is 1. The number of hydrogen-bond donors (Lipinski definition) is 3.